The number of nitrogens with zero attached hydrogens (tertiary/aromatic N) is 2. The summed E-state index contributed by atoms with van der Waals surface area (Å²) < 4.78 is 0.862. The van der Waals surface area contributed by atoms with Crippen LogP contribution in [0.25, 0.3) is 0 Å². The van der Waals surface area contributed by atoms with Crippen molar-refractivity contribution in [1.82, 2.24) is 0 Å². The summed E-state index contributed by atoms with van der Waals surface area (Å²) in [5.41, 5.74) is 7.58. The number of hydrogen-bond acceptors (Lipinski definition) is 3. The van der Waals surface area contributed by atoms with E-state index in [-0.39, 0.29) is 0 Å². The minimum Gasteiger partial charge on any atom is -0.368 e. The van der Waals surface area contributed by atoms with Gasteiger partial charge in [-0.25, -0.2) is 0 Å². The molecule has 0 saturated carbocycles. The van der Waals surface area contributed by atoms with Crippen molar-refractivity contribution in [2.75, 3.05) is 18.0 Å². The maximum atomic E-state index is 8.90. The molecule has 17 heavy (non-hydrogen) atoms. The van der Waals surface area contributed by atoms with E-state index in [2.05, 4.69) is 33.8 Å². The first-order valence-corrected chi connectivity index (χ1v) is 6.61. The summed E-state index contributed by atoms with van der Waals surface area (Å²) in [6.07, 6.45) is 1.15. The smallest absolute Gasteiger partial charge is 0.100 e. The molecule has 1 heterocycles. The lowest BCUT2D eigenvalue weighted by atomic mass is 10.1. The first kappa shape index (κ1) is 12.4. The molecule has 2 unspecified atom stereocenters. The van der Waals surface area contributed by atoms with E-state index in [1.165, 1.54) is 5.69 Å². The number of benzene rings is 1. The molecule has 0 bridgehead atoms. The van der Waals surface area contributed by atoms with Crippen molar-refractivity contribution in [2.24, 2.45) is 11.7 Å². The zero-order valence-corrected chi connectivity index (χ0v) is 11.4. The molecule has 0 radical (unpaired) electrons. The van der Waals surface area contributed by atoms with Gasteiger partial charge in [0.05, 0.1) is 5.56 Å². The first-order valence-electron chi connectivity index (χ1n) is 5.82. The maximum absolute atomic E-state index is 8.90. The Balaban J connectivity index is 2.24. The van der Waals surface area contributed by atoms with Gasteiger partial charge in [-0.3, -0.25) is 0 Å². The van der Waals surface area contributed by atoms with Crippen molar-refractivity contribution in [3.63, 3.8) is 0 Å². The summed E-state index contributed by atoms with van der Waals surface area (Å²) in [6.45, 7) is 3.98. The van der Waals surface area contributed by atoms with Crippen LogP contribution in [0.15, 0.2) is 22.7 Å². The third kappa shape index (κ3) is 2.46. The van der Waals surface area contributed by atoms with E-state index in [0.717, 1.165) is 24.0 Å². The highest BCUT2D eigenvalue weighted by atomic mass is 79.9. The van der Waals surface area contributed by atoms with Crippen LogP contribution in [0.1, 0.15) is 18.9 Å². The lowest BCUT2D eigenvalue weighted by Crippen LogP contribution is -2.27. The molecule has 1 aliphatic rings. The molecule has 4 heteroatoms. The molecule has 1 fully saturated rings. The van der Waals surface area contributed by atoms with Gasteiger partial charge in [-0.15, -0.1) is 0 Å². The summed E-state index contributed by atoms with van der Waals surface area (Å²) in [5.74, 6) is 0.583. The molecule has 0 amide bonds. The van der Waals surface area contributed by atoms with Crippen molar-refractivity contribution in [2.45, 2.75) is 19.4 Å². The summed E-state index contributed by atoms with van der Waals surface area (Å²) in [7, 11) is 0. The quantitative estimate of drug-likeness (QED) is 0.911. The fourth-order valence-corrected chi connectivity index (χ4v) is 2.90. The number of hydrogen-bond donors (Lipinski definition) is 1. The normalized spacial score (nSPS) is 23.8. The third-order valence-electron chi connectivity index (χ3n) is 3.40. The molecule has 2 rings (SSSR count). The summed E-state index contributed by atoms with van der Waals surface area (Å²) >= 11 is 3.43. The van der Waals surface area contributed by atoms with Crippen molar-refractivity contribution < 1.29 is 0 Å². The van der Waals surface area contributed by atoms with Crippen molar-refractivity contribution >= 4 is 21.6 Å². The predicted octanol–water partition coefficient (Wildman–Crippen LogP) is 2.49. The van der Waals surface area contributed by atoms with E-state index >= 15 is 0 Å². The molecule has 0 aromatic heterocycles. The van der Waals surface area contributed by atoms with E-state index in [1.54, 1.807) is 0 Å². The van der Waals surface area contributed by atoms with E-state index in [4.69, 9.17) is 11.0 Å². The fraction of sp³-hybridized carbons (Fsp3) is 0.462. The van der Waals surface area contributed by atoms with Crippen LogP contribution in [0.5, 0.6) is 0 Å². The molecule has 90 valence electrons. The Bertz CT molecular complexity index is 452. The van der Waals surface area contributed by atoms with Crippen LogP contribution in [-0.4, -0.2) is 19.1 Å². The topological polar surface area (TPSA) is 53.0 Å². The van der Waals surface area contributed by atoms with Crippen LogP contribution in [-0.2, 0) is 0 Å². The van der Waals surface area contributed by atoms with Crippen LogP contribution in [0.4, 0.5) is 5.69 Å². The Morgan fingerprint density at radius 2 is 2.35 bits per heavy atom. The van der Waals surface area contributed by atoms with E-state index in [9.17, 15) is 0 Å². The number of nitrogens with two attached hydrogens (primary N) is 1. The second-order valence-electron chi connectivity index (χ2n) is 4.61. The zero-order chi connectivity index (χ0) is 12.4. The molecule has 1 saturated heterocycles. The van der Waals surface area contributed by atoms with Gasteiger partial charge in [-0.2, -0.15) is 5.26 Å². The molecule has 3 nitrogen and oxygen atoms in total. The molecule has 1 aliphatic heterocycles. The Morgan fingerprint density at radius 1 is 1.59 bits per heavy atom. The van der Waals surface area contributed by atoms with Gasteiger partial charge in [0.25, 0.3) is 0 Å². The van der Waals surface area contributed by atoms with E-state index in [0.29, 0.717) is 17.5 Å². The zero-order valence-electron chi connectivity index (χ0n) is 9.86. The lowest BCUT2D eigenvalue weighted by Gasteiger charge is -2.24. The fourth-order valence-electron chi connectivity index (χ4n) is 2.45. The molecule has 2 N–H and O–H groups in total. The summed E-state index contributed by atoms with van der Waals surface area (Å²) in [6, 6.07) is 8.57. The Hall–Kier alpha value is -1.05. The van der Waals surface area contributed by atoms with E-state index in [1.807, 2.05) is 18.2 Å². The van der Waals surface area contributed by atoms with Crippen LogP contribution < -0.4 is 10.6 Å². The largest absolute Gasteiger partial charge is 0.368 e. The Kier molecular flexibility index (Phi) is 3.70. The first-order chi connectivity index (χ1) is 8.15. The molecule has 1 aromatic carbocycles. The monoisotopic (exact) mass is 293 g/mol. The van der Waals surface area contributed by atoms with Gasteiger partial charge >= 0.3 is 0 Å². The van der Waals surface area contributed by atoms with Crippen LogP contribution in [0, 0.1) is 17.2 Å². The average Bonchev–Trinajstić information content (AvgIpc) is 2.70. The van der Waals surface area contributed by atoms with Gasteiger partial charge in [0.15, 0.2) is 0 Å². The molecule has 2 atom stereocenters. The van der Waals surface area contributed by atoms with Gasteiger partial charge in [-0.1, -0.05) is 0 Å². The van der Waals surface area contributed by atoms with Gasteiger partial charge in [-0.05, 0) is 59.9 Å². The minimum atomic E-state index is 0.517. The predicted molar refractivity (Wildman–Crippen MR) is 72.8 cm³/mol. The minimum absolute atomic E-state index is 0.517. The second-order valence-corrected chi connectivity index (χ2v) is 5.47. The van der Waals surface area contributed by atoms with Crippen molar-refractivity contribution in [3.05, 3.63) is 28.2 Å². The highest BCUT2D eigenvalue weighted by Gasteiger charge is 2.28. The molecular formula is C13H16BrN3. The highest BCUT2D eigenvalue weighted by Crippen LogP contribution is 2.31. The van der Waals surface area contributed by atoms with E-state index < -0.39 is 0 Å². The van der Waals surface area contributed by atoms with Gasteiger partial charge in [0, 0.05) is 22.7 Å². The standard InChI is InChI=1S/C13H16BrN3/c1-9-4-10(6-15)8-17(9)12-3-2-11(7-16)13(14)5-12/h2-3,5,9-10H,4,6,8,15H2,1H3. The molecular weight excluding hydrogens is 278 g/mol. The lowest BCUT2D eigenvalue weighted by molar-refractivity contribution is 0.579. The Labute approximate surface area is 110 Å². The van der Waals surface area contributed by atoms with Crippen LogP contribution in [0.3, 0.4) is 0 Å². The Morgan fingerprint density at radius 3 is 2.88 bits per heavy atom. The van der Waals surface area contributed by atoms with Crippen LogP contribution >= 0.6 is 15.9 Å². The maximum Gasteiger partial charge on any atom is 0.100 e. The van der Waals surface area contributed by atoms with Gasteiger partial charge in [0.1, 0.15) is 6.07 Å². The van der Waals surface area contributed by atoms with Crippen molar-refractivity contribution in [1.29, 1.82) is 5.26 Å². The number of anilines is 1. The summed E-state index contributed by atoms with van der Waals surface area (Å²) in [5, 5.41) is 8.90. The summed E-state index contributed by atoms with van der Waals surface area (Å²) in [4.78, 5) is 2.36. The SMILES string of the molecule is CC1CC(CN)CN1c1ccc(C#N)c(Br)c1. The average molecular weight is 294 g/mol. The number of halogens is 1. The number of nitriles is 1. The number of rotatable bonds is 2. The van der Waals surface area contributed by atoms with Crippen LogP contribution in [0.2, 0.25) is 0 Å². The third-order valence-corrected chi connectivity index (χ3v) is 4.06. The molecule has 0 aliphatic carbocycles. The molecule has 1 aromatic rings. The second kappa shape index (κ2) is 5.07. The highest BCUT2D eigenvalue weighted by molar-refractivity contribution is 9.10. The molecule has 0 spiro atoms. The van der Waals surface area contributed by atoms with Gasteiger partial charge in [0.2, 0.25) is 0 Å². The van der Waals surface area contributed by atoms with Gasteiger partial charge < -0.3 is 10.6 Å². The van der Waals surface area contributed by atoms with Crippen molar-refractivity contribution in [3.8, 4) is 6.07 Å².